The van der Waals surface area contributed by atoms with Crippen LogP contribution in [-0.2, 0) is 4.79 Å². The van der Waals surface area contributed by atoms with E-state index in [0.717, 1.165) is 50.9 Å². The predicted molar refractivity (Wildman–Crippen MR) is 138 cm³/mol. The third-order valence-electron chi connectivity index (χ3n) is 6.41. The summed E-state index contributed by atoms with van der Waals surface area (Å²) in [5.74, 6) is 2.26. The van der Waals surface area contributed by atoms with Crippen LogP contribution in [0, 0.1) is 0 Å². The Kier molecular flexibility index (Phi) is 5.81. The molecule has 34 heavy (non-hydrogen) atoms. The van der Waals surface area contributed by atoms with E-state index < -0.39 is 0 Å². The first-order valence-electron chi connectivity index (χ1n) is 11.4. The van der Waals surface area contributed by atoms with Crippen LogP contribution in [0.2, 0.25) is 0 Å². The van der Waals surface area contributed by atoms with E-state index in [1.807, 2.05) is 53.4 Å². The van der Waals surface area contributed by atoms with Gasteiger partial charge in [-0.2, -0.15) is 0 Å². The van der Waals surface area contributed by atoms with Crippen LogP contribution in [0.5, 0.6) is 5.75 Å². The molecule has 1 unspecified atom stereocenters. The lowest BCUT2D eigenvalue weighted by atomic mass is 9.80. The van der Waals surface area contributed by atoms with Crippen molar-refractivity contribution in [3.63, 3.8) is 0 Å². The van der Waals surface area contributed by atoms with Crippen molar-refractivity contribution >= 4 is 34.4 Å². The molecule has 3 heterocycles. The van der Waals surface area contributed by atoms with Crippen LogP contribution < -0.4 is 9.64 Å². The van der Waals surface area contributed by atoms with Gasteiger partial charge in [0.25, 0.3) is 0 Å². The molecule has 174 valence electrons. The van der Waals surface area contributed by atoms with Gasteiger partial charge in [-0.3, -0.25) is 4.79 Å². The lowest BCUT2D eigenvalue weighted by Gasteiger charge is -2.46. The lowest BCUT2D eigenvalue weighted by molar-refractivity contribution is -0.117. The summed E-state index contributed by atoms with van der Waals surface area (Å²) in [6, 6.07) is 17.8. The zero-order valence-electron chi connectivity index (χ0n) is 19.8. The number of aromatic amines is 1. The van der Waals surface area contributed by atoms with Crippen LogP contribution in [0.1, 0.15) is 38.7 Å². The van der Waals surface area contributed by atoms with Crippen LogP contribution in [0.15, 0.2) is 65.8 Å². The molecule has 1 N–H and O–H groups in total. The Morgan fingerprint density at radius 1 is 1.21 bits per heavy atom. The number of anilines is 1. The molecule has 0 fully saturated rings. The van der Waals surface area contributed by atoms with E-state index in [4.69, 9.17) is 9.72 Å². The zero-order chi connectivity index (χ0) is 23.9. The Balaban J connectivity index is 1.42. The number of carbonyl (C=O) groups excluding carboxylic acids is 1. The molecule has 2 aromatic carbocycles. The van der Waals surface area contributed by atoms with E-state index in [1.54, 1.807) is 13.3 Å². The third kappa shape index (κ3) is 4.05. The summed E-state index contributed by atoms with van der Waals surface area (Å²) in [6.07, 6.45) is 2.64. The number of benzene rings is 2. The molecular formula is C27H28N4O2S. The highest BCUT2D eigenvalue weighted by Gasteiger charge is 2.40. The number of fused-ring (bicyclic) bond motifs is 2. The van der Waals surface area contributed by atoms with E-state index in [1.165, 1.54) is 11.8 Å². The maximum Gasteiger partial charge on any atom is 0.237 e. The number of thioether (sulfide) groups is 1. The van der Waals surface area contributed by atoms with Gasteiger partial charge in [0.1, 0.15) is 16.6 Å². The molecule has 7 heteroatoms. The van der Waals surface area contributed by atoms with E-state index in [9.17, 15) is 4.79 Å². The van der Waals surface area contributed by atoms with Crippen molar-refractivity contribution in [2.24, 2.45) is 0 Å². The quantitative estimate of drug-likeness (QED) is 0.358. The van der Waals surface area contributed by atoms with Crippen molar-refractivity contribution in [2.75, 3.05) is 17.8 Å². The Morgan fingerprint density at radius 2 is 2.03 bits per heavy atom. The average molecular weight is 473 g/mol. The smallest absolute Gasteiger partial charge is 0.237 e. The topological polar surface area (TPSA) is 71.1 Å². The van der Waals surface area contributed by atoms with Crippen LogP contribution >= 0.6 is 11.8 Å². The molecule has 0 radical (unpaired) electrons. The highest BCUT2D eigenvalue weighted by Crippen LogP contribution is 2.45. The van der Waals surface area contributed by atoms with Crippen molar-refractivity contribution < 1.29 is 9.53 Å². The van der Waals surface area contributed by atoms with Gasteiger partial charge in [-0.25, -0.2) is 9.97 Å². The minimum Gasteiger partial charge on any atom is -0.497 e. The molecule has 1 aliphatic rings. The second-order valence-corrected chi connectivity index (χ2v) is 10.3. The highest BCUT2D eigenvalue weighted by atomic mass is 32.2. The number of nitrogens with zero attached hydrogens (tertiary/aromatic N) is 3. The fraction of sp³-hybridized carbons (Fsp3) is 0.296. The molecule has 0 aliphatic carbocycles. The number of hydrogen-bond donors (Lipinski definition) is 1. The fourth-order valence-electron chi connectivity index (χ4n) is 4.97. The van der Waals surface area contributed by atoms with Crippen LogP contribution in [0.3, 0.4) is 0 Å². The summed E-state index contributed by atoms with van der Waals surface area (Å²) < 4.78 is 5.43. The molecule has 0 bridgehead atoms. The largest absolute Gasteiger partial charge is 0.497 e. The van der Waals surface area contributed by atoms with Gasteiger partial charge >= 0.3 is 0 Å². The van der Waals surface area contributed by atoms with Crippen molar-refractivity contribution in [1.82, 2.24) is 15.0 Å². The maximum atomic E-state index is 13.6. The number of para-hydroxylation sites is 2. The predicted octanol–water partition coefficient (Wildman–Crippen LogP) is 6.04. The monoisotopic (exact) mass is 472 g/mol. The third-order valence-corrected chi connectivity index (χ3v) is 7.41. The summed E-state index contributed by atoms with van der Waals surface area (Å²) >= 11 is 1.45. The number of ether oxygens (including phenoxy) is 1. The molecule has 2 aromatic heterocycles. The molecule has 1 aliphatic heterocycles. The van der Waals surface area contributed by atoms with Gasteiger partial charge < -0.3 is 14.6 Å². The molecule has 5 rings (SSSR count). The molecule has 4 aromatic rings. The van der Waals surface area contributed by atoms with Crippen LogP contribution in [-0.4, -0.2) is 39.3 Å². The van der Waals surface area contributed by atoms with Crippen molar-refractivity contribution in [3.8, 4) is 17.1 Å². The van der Waals surface area contributed by atoms with Gasteiger partial charge in [0.15, 0.2) is 0 Å². The first-order valence-corrected chi connectivity index (χ1v) is 12.4. The minimum atomic E-state index is -0.287. The van der Waals surface area contributed by atoms with Gasteiger partial charge in [-0.1, -0.05) is 30.8 Å². The Hall–Kier alpha value is -3.32. The number of methoxy groups -OCH3 is 1. The van der Waals surface area contributed by atoms with Gasteiger partial charge in [-0.05, 0) is 74.2 Å². The summed E-state index contributed by atoms with van der Waals surface area (Å²) in [6.45, 7) is 6.49. The number of aromatic nitrogens is 3. The molecule has 0 saturated heterocycles. The summed E-state index contributed by atoms with van der Waals surface area (Å²) in [5.41, 5.74) is 4.61. The SMILES string of the molecule is COc1ccc2c(c1)C(C)CC(C)(C)N2C(=O)CSc1ncccc1-c1nc2ccccc2[nH]1. The van der Waals surface area contributed by atoms with Gasteiger partial charge in [0.2, 0.25) is 5.91 Å². The number of imidazole rings is 1. The number of amides is 1. The second-order valence-electron chi connectivity index (χ2n) is 9.32. The summed E-state index contributed by atoms with van der Waals surface area (Å²) in [5, 5.41) is 0.785. The van der Waals surface area contributed by atoms with E-state index >= 15 is 0 Å². The number of rotatable bonds is 5. The van der Waals surface area contributed by atoms with Gasteiger partial charge in [0, 0.05) is 23.0 Å². The minimum absolute atomic E-state index is 0.0644. The molecular weight excluding hydrogens is 444 g/mol. The molecule has 1 atom stereocenters. The number of hydrogen-bond acceptors (Lipinski definition) is 5. The molecule has 1 amide bonds. The maximum absolute atomic E-state index is 13.6. The van der Waals surface area contributed by atoms with Crippen LogP contribution in [0.25, 0.3) is 22.4 Å². The summed E-state index contributed by atoms with van der Waals surface area (Å²) in [4.78, 5) is 28.2. The lowest BCUT2D eigenvalue weighted by Crippen LogP contribution is -2.52. The van der Waals surface area contributed by atoms with E-state index in [0.29, 0.717) is 5.92 Å². The first-order chi connectivity index (χ1) is 16.4. The zero-order valence-corrected chi connectivity index (χ0v) is 20.6. The Labute approximate surface area is 203 Å². The van der Waals surface area contributed by atoms with Crippen LogP contribution in [0.4, 0.5) is 5.69 Å². The Morgan fingerprint density at radius 3 is 2.82 bits per heavy atom. The van der Waals surface area contributed by atoms with Crippen molar-refractivity contribution in [2.45, 2.75) is 43.7 Å². The Bertz CT molecular complexity index is 1330. The first kappa shape index (κ1) is 22.5. The van der Waals surface area contributed by atoms with E-state index in [-0.39, 0.29) is 17.2 Å². The van der Waals surface area contributed by atoms with Crippen molar-refractivity contribution in [3.05, 3.63) is 66.4 Å². The number of H-pyrrole nitrogens is 1. The van der Waals surface area contributed by atoms with Gasteiger partial charge in [0.05, 0.1) is 23.9 Å². The van der Waals surface area contributed by atoms with Crippen molar-refractivity contribution in [1.29, 1.82) is 0 Å². The number of pyridine rings is 1. The number of carbonyl (C=O) groups is 1. The average Bonchev–Trinajstić information content (AvgIpc) is 3.26. The standard InChI is InChI=1S/C27H28N4O2S/c1-17-15-27(2,3)31(23-12-11-18(33-4)14-20(17)23)24(32)16-34-26-19(8-7-13-28-26)25-29-21-9-5-6-10-22(21)30-25/h5-14,17H,15-16H2,1-4H3,(H,29,30). The normalized spacial score (nSPS) is 16.9. The van der Waals surface area contributed by atoms with E-state index in [2.05, 4.69) is 36.8 Å². The second kappa shape index (κ2) is 8.80. The number of nitrogens with one attached hydrogen (secondary N) is 1. The molecule has 0 saturated carbocycles. The van der Waals surface area contributed by atoms with Gasteiger partial charge in [-0.15, -0.1) is 0 Å². The molecule has 6 nitrogen and oxygen atoms in total. The highest BCUT2D eigenvalue weighted by molar-refractivity contribution is 8.00. The fourth-order valence-corrected chi connectivity index (χ4v) is 5.81. The summed E-state index contributed by atoms with van der Waals surface area (Å²) in [7, 11) is 1.67. The molecule has 0 spiro atoms.